The third-order valence-corrected chi connectivity index (χ3v) is 3.34. The Hall–Kier alpha value is -1.22. The van der Waals surface area contributed by atoms with E-state index in [1.165, 1.54) is 24.0 Å². The third kappa shape index (κ3) is 3.39. The van der Waals surface area contributed by atoms with Crippen LogP contribution in [0.5, 0.6) is 11.5 Å². The fraction of sp³-hybridized carbons (Fsp3) is 0.600. The van der Waals surface area contributed by atoms with Crippen molar-refractivity contribution in [2.45, 2.75) is 39.2 Å². The van der Waals surface area contributed by atoms with Gasteiger partial charge in [0.1, 0.15) is 0 Å². The Kier molecular flexibility index (Phi) is 4.12. The summed E-state index contributed by atoms with van der Waals surface area (Å²) in [5, 5.41) is 0. The van der Waals surface area contributed by atoms with Crippen LogP contribution >= 0.6 is 0 Å². The number of methoxy groups -OCH3 is 1. The minimum absolute atomic E-state index is 0.161. The highest BCUT2D eigenvalue weighted by Crippen LogP contribution is 2.34. The summed E-state index contributed by atoms with van der Waals surface area (Å²) >= 11 is 0. The van der Waals surface area contributed by atoms with E-state index < -0.39 is 0 Å². The number of hydrogen-bond acceptors (Lipinski definition) is 3. The number of hydrogen-bond donors (Lipinski definition) is 1. The Bertz CT molecular complexity index is 411. The lowest BCUT2D eigenvalue weighted by molar-refractivity contribution is 0.280. The average Bonchev–Trinajstić information content (AvgIpc) is 3.12. The van der Waals surface area contributed by atoms with Crippen molar-refractivity contribution in [3.63, 3.8) is 0 Å². The fourth-order valence-corrected chi connectivity index (χ4v) is 2.03. The van der Waals surface area contributed by atoms with E-state index >= 15 is 0 Å². The van der Waals surface area contributed by atoms with Gasteiger partial charge < -0.3 is 15.2 Å². The van der Waals surface area contributed by atoms with Gasteiger partial charge in [0.25, 0.3) is 0 Å². The first-order chi connectivity index (χ1) is 8.60. The molecule has 1 aliphatic rings. The van der Waals surface area contributed by atoms with Gasteiger partial charge in [-0.1, -0.05) is 0 Å². The molecule has 0 heterocycles. The largest absolute Gasteiger partial charge is 0.493 e. The average molecular weight is 249 g/mol. The van der Waals surface area contributed by atoms with E-state index in [1.807, 2.05) is 13.0 Å². The van der Waals surface area contributed by atoms with Gasteiger partial charge in [0.15, 0.2) is 11.5 Å². The second-order valence-electron chi connectivity index (χ2n) is 5.37. The summed E-state index contributed by atoms with van der Waals surface area (Å²) in [5.41, 5.74) is 8.33. The topological polar surface area (TPSA) is 44.5 Å². The van der Waals surface area contributed by atoms with Crippen molar-refractivity contribution < 1.29 is 9.47 Å². The lowest BCUT2D eigenvalue weighted by atomic mass is 10.0. The number of rotatable bonds is 6. The number of aryl methyl sites for hydroxylation is 1. The highest BCUT2D eigenvalue weighted by molar-refractivity contribution is 5.47. The van der Waals surface area contributed by atoms with Gasteiger partial charge in [0.2, 0.25) is 0 Å². The summed E-state index contributed by atoms with van der Waals surface area (Å²) in [6.07, 6.45) is 3.46. The predicted octanol–water partition coefficient (Wildman–Crippen LogP) is 2.68. The minimum Gasteiger partial charge on any atom is -0.493 e. The number of nitrogens with two attached hydrogens (primary N) is 1. The van der Waals surface area contributed by atoms with Crippen molar-refractivity contribution in [1.29, 1.82) is 0 Å². The minimum atomic E-state index is 0.161. The second kappa shape index (κ2) is 5.61. The number of benzene rings is 1. The Morgan fingerprint density at radius 2 is 2.06 bits per heavy atom. The van der Waals surface area contributed by atoms with Crippen molar-refractivity contribution in [1.82, 2.24) is 0 Å². The molecule has 0 bridgehead atoms. The molecule has 100 valence electrons. The van der Waals surface area contributed by atoms with E-state index in [0.29, 0.717) is 0 Å². The molecule has 0 spiro atoms. The van der Waals surface area contributed by atoms with Crippen molar-refractivity contribution in [3.05, 3.63) is 23.3 Å². The van der Waals surface area contributed by atoms with E-state index in [0.717, 1.165) is 30.4 Å². The molecule has 0 radical (unpaired) electrons. The van der Waals surface area contributed by atoms with Crippen molar-refractivity contribution in [2.75, 3.05) is 13.7 Å². The Balaban J connectivity index is 2.17. The first-order valence-electron chi connectivity index (χ1n) is 6.66. The standard InChI is InChI=1S/C15H23NO2/c1-10-6-14(17-3)15(18-9-12-4-5-12)8-13(10)7-11(2)16/h6,8,11-12H,4-5,7,9,16H2,1-3H3. The molecule has 1 fully saturated rings. The summed E-state index contributed by atoms with van der Waals surface area (Å²) in [7, 11) is 1.68. The molecule has 1 aromatic rings. The van der Waals surface area contributed by atoms with Gasteiger partial charge in [0.05, 0.1) is 13.7 Å². The normalized spacial score (nSPS) is 16.4. The highest BCUT2D eigenvalue weighted by Gasteiger charge is 2.22. The molecular formula is C15H23NO2. The Morgan fingerprint density at radius 1 is 1.33 bits per heavy atom. The molecule has 1 unspecified atom stereocenters. The molecule has 18 heavy (non-hydrogen) atoms. The fourth-order valence-electron chi connectivity index (χ4n) is 2.03. The van der Waals surface area contributed by atoms with Crippen LogP contribution in [0.2, 0.25) is 0 Å². The van der Waals surface area contributed by atoms with Crippen LogP contribution in [-0.4, -0.2) is 19.8 Å². The lowest BCUT2D eigenvalue weighted by Gasteiger charge is -2.15. The predicted molar refractivity (Wildman–Crippen MR) is 73.3 cm³/mol. The Morgan fingerprint density at radius 3 is 2.61 bits per heavy atom. The summed E-state index contributed by atoms with van der Waals surface area (Å²) in [5.74, 6) is 2.42. The van der Waals surface area contributed by atoms with Crippen LogP contribution in [0, 0.1) is 12.8 Å². The summed E-state index contributed by atoms with van der Waals surface area (Å²) < 4.78 is 11.2. The van der Waals surface area contributed by atoms with Crippen molar-refractivity contribution in [3.8, 4) is 11.5 Å². The van der Waals surface area contributed by atoms with E-state index in [1.54, 1.807) is 7.11 Å². The molecule has 3 nitrogen and oxygen atoms in total. The Labute approximate surface area is 109 Å². The first kappa shape index (κ1) is 13.2. The van der Waals surface area contributed by atoms with Gasteiger partial charge in [-0.3, -0.25) is 0 Å². The quantitative estimate of drug-likeness (QED) is 0.843. The van der Waals surface area contributed by atoms with E-state index in [9.17, 15) is 0 Å². The monoisotopic (exact) mass is 249 g/mol. The molecule has 1 saturated carbocycles. The molecule has 0 aliphatic heterocycles. The molecule has 1 aliphatic carbocycles. The van der Waals surface area contributed by atoms with Gasteiger partial charge in [0, 0.05) is 6.04 Å². The van der Waals surface area contributed by atoms with Crippen LogP contribution in [0.25, 0.3) is 0 Å². The van der Waals surface area contributed by atoms with Crippen LogP contribution in [0.4, 0.5) is 0 Å². The number of ether oxygens (including phenoxy) is 2. The van der Waals surface area contributed by atoms with E-state index in [-0.39, 0.29) is 6.04 Å². The molecule has 2 N–H and O–H groups in total. The third-order valence-electron chi connectivity index (χ3n) is 3.34. The van der Waals surface area contributed by atoms with E-state index in [4.69, 9.17) is 15.2 Å². The molecule has 0 amide bonds. The summed E-state index contributed by atoms with van der Waals surface area (Å²) in [6.45, 7) is 4.91. The zero-order chi connectivity index (χ0) is 13.1. The highest BCUT2D eigenvalue weighted by atomic mass is 16.5. The van der Waals surface area contributed by atoms with Crippen molar-refractivity contribution in [2.24, 2.45) is 11.7 Å². The van der Waals surface area contributed by atoms with Crippen LogP contribution in [0.15, 0.2) is 12.1 Å². The second-order valence-corrected chi connectivity index (χ2v) is 5.37. The van der Waals surface area contributed by atoms with Gasteiger partial charge in [-0.2, -0.15) is 0 Å². The summed E-state index contributed by atoms with van der Waals surface area (Å²) in [4.78, 5) is 0. The van der Waals surface area contributed by atoms with Crippen LogP contribution in [-0.2, 0) is 6.42 Å². The maximum Gasteiger partial charge on any atom is 0.161 e. The molecular weight excluding hydrogens is 226 g/mol. The van der Waals surface area contributed by atoms with Crippen LogP contribution in [0.3, 0.4) is 0 Å². The molecule has 0 saturated heterocycles. The van der Waals surface area contributed by atoms with Crippen molar-refractivity contribution >= 4 is 0 Å². The maximum atomic E-state index is 5.87. The molecule has 1 aromatic carbocycles. The maximum absolute atomic E-state index is 5.87. The van der Waals surface area contributed by atoms with Crippen LogP contribution < -0.4 is 15.2 Å². The van der Waals surface area contributed by atoms with Gasteiger partial charge in [-0.25, -0.2) is 0 Å². The summed E-state index contributed by atoms with van der Waals surface area (Å²) in [6, 6.07) is 4.29. The SMILES string of the molecule is COc1cc(C)c(CC(C)N)cc1OCC1CC1. The zero-order valence-electron chi connectivity index (χ0n) is 11.5. The van der Waals surface area contributed by atoms with E-state index in [2.05, 4.69) is 13.0 Å². The zero-order valence-corrected chi connectivity index (χ0v) is 11.5. The van der Waals surface area contributed by atoms with Crippen LogP contribution in [0.1, 0.15) is 30.9 Å². The van der Waals surface area contributed by atoms with Gasteiger partial charge in [-0.15, -0.1) is 0 Å². The lowest BCUT2D eigenvalue weighted by Crippen LogP contribution is -2.18. The van der Waals surface area contributed by atoms with Gasteiger partial charge >= 0.3 is 0 Å². The molecule has 0 aromatic heterocycles. The smallest absolute Gasteiger partial charge is 0.161 e. The van der Waals surface area contributed by atoms with Gasteiger partial charge in [-0.05, 0) is 62.3 Å². The molecule has 3 heteroatoms. The molecule has 2 rings (SSSR count). The first-order valence-corrected chi connectivity index (χ1v) is 6.66. The molecule has 1 atom stereocenters.